The summed E-state index contributed by atoms with van der Waals surface area (Å²) in [6.45, 7) is 4.55. The van der Waals surface area contributed by atoms with Gasteiger partial charge in [0.05, 0.1) is 16.1 Å². The SMILES string of the molecule is CCCNc1sc(C(=O)CC)c(N)c1C(=O)NC. The zero-order chi connectivity index (χ0) is 13.7. The van der Waals surface area contributed by atoms with Gasteiger partial charge in [0.15, 0.2) is 5.78 Å². The molecule has 1 aromatic rings. The Kier molecular flexibility index (Phi) is 5.15. The highest BCUT2D eigenvalue weighted by Crippen LogP contribution is 2.36. The third kappa shape index (κ3) is 2.81. The first-order chi connectivity index (χ1) is 8.56. The molecule has 5 nitrogen and oxygen atoms in total. The zero-order valence-electron chi connectivity index (χ0n) is 10.9. The molecule has 1 amide bonds. The van der Waals surface area contributed by atoms with E-state index in [-0.39, 0.29) is 17.4 Å². The molecule has 0 saturated heterocycles. The summed E-state index contributed by atoms with van der Waals surface area (Å²) in [5.74, 6) is -0.301. The van der Waals surface area contributed by atoms with Gasteiger partial charge in [-0.05, 0) is 6.42 Å². The Balaban J connectivity index is 3.22. The molecule has 0 fully saturated rings. The van der Waals surface area contributed by atoms with Gasteiger partial charge < -0.3 is 16.4 Å². The molecule has 100 valence electrons. The molecule has 1 heterocycles. The minimum Gasteiger partial charge on any atom is -0.397 e. The van der Waals surface area contributed by atoms with E-state index in [0.717, 1.165) is 13.0 Å². The van der Waals surface area contributed by atoms with Crippen LogP contribution in [0.5, 0.6) is 0 Å². The van der Waals surface area contributed by atoms with E-state index in [4.69, 9.17) is 5.73 Å². The van der Waals surface area contributed by atoms with Crippen molar-refractivity contribution in [1.82, 2.24) is 5.32 Å². The van der Waals surface area contributed by atoms with Gasteiger partial charge in [-0.3, -0.25) is 9.59 Å². The number of ketones is 1. The van der Waals surface area contributed by atoms with E-state index in [2.05, 4.69) is 10.6 Å². The number of rotatable bonds is 6. The fraction of sp³-hybridized carbons (Fsp3) is 0.500. The molecular weight excluding hydrogens is 250 g/mol. The standard InChI is InChI=1S/C12H19N3O2S/c1-4-6-15-12-8(11(17)14-3)9(13)10(18-12)7(16)5-2/h15H,4-6,13H2,1-3H3,(H,14,17). The third-order valence-corrected chi connectivity index (χ3v) is 3.71. The van der Waals surface area contributed by atoms with Gasteiger partial charge in [0, 0.05) is 20.0 Å². The molecule has 0 saturated carbocycles. The third-order valence-electron chi connectivity index (χ3n) is 2.51. The van der Waals surface area contributed by atoms with Crippen molar-refractivity contribution < 1.29 is 9.59 Å². The molecule has 0 aliphatic rings. The Hall–Kier alpha value is -1.56. The van der Waals surface area contributed by atoms with Crippen LogP contribution in [0.25, 0.3) is 0 Å². The molecule has 0 spiro atoms. The second-order valence-electron chi connectivity index (χ2n) is 3.83. The first-order valence-corrected chi connectivity index (χ1v) is 6.79. The lowest BCUT2D eigenvalue weighted by atomic mass is 10.1. The predicted molar refractivity (Wildman–Crippen MR) is 75.5 cm³/mol. The quantitative estimate of drug-likeness (QED) is 0.690. The van der Waals surface area contributed by atoms with E-state index >= 15 is 0 Å². The summed E-state index contributed by atoms with van der Waals surface area (Å²) in [5, 5.41) is 6.36. The fourth-order valence-electron chi connectivity index (χ4n) is 1.53. The fourth-order valence-corrected chi connectivity index (χ4v) is 2.68. The Morgan fingerprint density at radius 1 is 1.33 bits per heavy atom. The molecule has 0 radical (unpaired) electrons. The largest absolute Gasteiger partial charge is 0.397 e. The maximum Gasteiger partial charge on any atom is 0.256 e. The van der Waals surface area contributed by atoms with Gasteiger partial charge in [-0.1, -0.05) is 13.8 Å². The van der Waals surface area contributed by atoms with Crippen molar-refractivity contribution in [2.75, 3.05) is 24.6 Å². The number of nitrogen functional groups attached to an aromatic ring is 1. The van der Waals surface area contributed by atoms with Crippen molar-refractivity contribution in [3.63, 3.8) is 0 Å². The maximum absolute atomic E-state index is 11.8. The Morgan fingerprint density at radius 2 is 2.00 bits per heavy atom. The Labute approximate surface area is 111 Å². The van der Waals surface area contributed by atoms with Crippen LogP contribution < -0.4 is 16.4 Å². The molecular formula is C12H19N3O2S. The number of nitrogens with one attached hydrogen (secondary N) is 2. The smallest absolute Gasteiger partial charge is 0.256 e. The summed E-state index contributed by atoms with van der Waals surface area (Å²) in [7, 11) is 1.55. The number of thiophene rings is 1. The average molecular weight is 269 g/mol. The van der Waals surface area contributed by atoms with Crippen LogP contribution in [0.1, 0.15) is 46.7 Å². The molecule has 0 aliphatic heterocycles. The van der Waals surface area contributed by atoms with Crippen LogP contribution in [0.3, 0.4) is 0 Å². The molecule has 4 N–H and O–H groups in total. The van der Waals surface area contributed by atoms with E-state index in [1.165, 1.54) is 11.3 Å². The number of amides is 1. The zero-order valence-corrected chi connectivity index (χ0v) is 11.7. The molecule has 0 aliphatic carbocycles. The average Bonchev–Trinajstić information content (AvgIpc) is 2.71. The summed E-state index contributed by atoms with van der Waals surface area (Å²) in [6, 6.07) is 0. The van der Waals surface area contributed by atoms with Crippen LogP contribution in [0.15, 0.2) is 0 Å². The Bertz CT molecular complexity index is 454. The number of carbonyl (C=O) groups is 2. The van der Waals surface area contributed by atoms with Gasteiger partial charge >= 0.3 is 0 Å². The molecule has 1 aromatic heterocycles. The highest BCUT2D eigenvalue weighted by molar-refractivity contribution is 7.19. The topological polar surface area (TPSA) is 84.2 Å². The lowest BCUT2D eigenvalue weighted by Gasteiger charge is -2.05. The molecule has 18 heavy (non-hydrogen) atoms. The summed E-state index contributed by atoms with van der Waals surface area (Å²) in [6.07, 6.45) is 1.31. The molecule has 1 rings (SSSR count). The highest BCUT2D eigenvalue weighted by atomic mass is 32.1. The van der Waals surface area contributed by atoms with Crippen LogP contribution in [-0.2, 0) is 0 Å². The van der Waals surface area contributed by atoms with E-state index in [0.29, 0.717) is 21.9 Å². The molecule has 0 bridgehead atoms. The van der Waals surface area contributed by atoms with Crippen LogP contribution in [0.2, 0.25) is 0 Å². The number of Topliss-reactive ketones (excluding diaryl/α,β-unsaturated/α-hetero) is 1. The highest BCUT2D eigenvalue weighted by Gasteiger charge is 2.23. The normalized spacial score (nSPS) is 10.2. The van der Waals surface area contributed by atoms with Gasteiger partial charge in [-0.25, -0.2) is 0 Å². The predicted octanol–water partition coefficient (Wildman–Crippen LogP) is 2.10. The monoisotopic (exact) mass is 269 g/mol. The van der Waals surface area contributed by atoms with Crippen LogP contribution in [-0.4, -0.2) is 25.3 Å². The van der Waals surface area contributed by atoms with Crippen molar-refractivity contribution in [2.45, 2.75) is 26.7 Å². The summed E-state index contributed by atoms with van der Waals surface area (Å²) < 4.78 is 0. The van der Waals surface area contributed by atoms with Crippen molar-refractivity contribution in [2.24, 2.45) is 0 Å². The van der Waals surface area contributed by atoms with Gasteiger partial charge in [-0.15, -0.1) is 11.3 Å². The van der Waals surface area contributed by atoms with E-state index < -0.39 is 0 Å². The molecule has 0 atom stereocenters. The Morgan fingerprint density at radius 3 is 2.50 bits per heavy atom. The van der Waals surface area contributed by atoms with Gasteiger partial charge in [-0.2, -0.15) is 0 Å². The van der Waals surface area contributed by atoms with Crippen molar-refractivity contribution in [1.29, 1.82) is 0 Å². The van der Waals surface area contributed by atoms with Crippen LogP contribution in [0, 0.1) is 0 Å². The number of hydrogen-bond donors (Lipinski definition) is 3. The molecule has 0 aromatic carbocycles. The van der Waals surface area contributed by atoms with E-state index in [9.17, 15) is 9.59 Å². The summed E-state index contributed by atoms with van der Waals surface area (Å²) in [4.78, 5) is 24.0. The molecule has 6 heteroatoms. The molecule has 0 unspecified atom stereocenters. The number of anilines is 2. The summed E-state index contributed by atoms with van der Waals surface area (Å²) in [5.41, 5.74) is 6.58. The second kappa shape index (κ2) is 6.39. The minimum atomic E-state index is -0.266. The maximum atomic E-state index is 11.8. The van der Waals surface area contributed by atoms with E-state index in [1.807, 2.05) is 6.92 Å². The lowest BCUT2D eigenvalue weighted by Crippen LogP contribution is -2.20. The van der Waals surface area contributed by atoms with Crippen LogP contribution in [0.4, 0.5) is 10.7 Å². The minimum absolute atomic E-state index is 0.0350. The van der Waals surface area contributed by atoms with Crippen LogP contribution >= 0.6 is 11.3 Å². The van der Waals surface area contributed by atoms with Gasteiger partial charge in [0.25, 0.3) is 5.91 Å². The first-order valence-electron chi connectivity index (χ1n) is 5.98. The lowest BCUT2D eigenvalue weighted by molar-refractivity contribution is 0.0964. The van der Waals surface area contributed by atoms with E-state index in [1.54, 1.807) is 14.0 Å². The summed E-state index contributed by atoms with van der Waals surface area (Å²) >= 11 is 1.26. The van der Waals surface area contributed by atoms with Crippen molar-refractivity contribution in [3.05, 3.63) is 10.4 Å². The first kappa shape index (κ1) is 14.5. The second-order valence-corrected chi connectivity index (χ2v) is 4.85. The van der Waals surface area contributed by atoms with Gasteiger partial charge in [0.2, 0.25) is 0 Å². The van der Waals surface area contributed by atoms with Gasteiger partial charge in [0.1, 0.15) is 5.00 Å². The van der Waals surface area contributed by atoms with Crippen molar-refractivity contribution in [3.8, 4) is 0 Å². The van der Waals surface area contributed by atoms with Crippen molar-refractivity contribution >= 4 is 33.7 Å². The number of hydrogen-bond acceptors (Lipinski definition) is 5. The number of carbonyl (C=O) groups excluding carboxylic acids is 2. The number of nitrogens with two attached hydrogens (primary N) is 1.